The van der Waals surface area contributed by atoms with Crippen LogP contribution in [0.4, 0.5) is 23.3 Å². The highest BCUT2D eigenvalue weighted by Gasteiger charge is 2.20. The molecule has 7 heteroatoms. The standard InChI is InChI=1S/C21H24N6O/c1-16-14-19(24-17-6-5-7-18(15-17)28-2)25-21(23-16)27-12-10-26(11-13-27)20-8-3-4-9-22-20/h3-9,14-15H,10-13H2,1-2H3,(H,23,24,25). The van der Waals surface area contributed by atoms with Gasteiger partial charge in [-0.3, -0.25) is 0 Å². The Morgan fingerprint density at radius 1 is 0.929 bits per heavy atom. The maximum absolute atomic E-state index is 5.29. The summed E-state index contributed by atoms with van der Waals surface area (Å²) in [5, 5.41) is 3.36. The highest BCUT2D eigenvalue weighted by atomic mass is 16.5. The Morgan fingerprint density at radius 2 is 1.75 bits per heavy atom. The number of ether oxygens (including phenoxy) is 1. The van der Waals surface area contributed by atoms with E-state index in [-0.39, 0.29) is 0 Å². The summed E-state index contributed by atoms with van der Waals surface area (Å²) in [6.45, 7) is 5.50. The number of rotatable bonds is 5. The molecule has 0 unspecified atom stereocenters. The monoisotopic (exact) mass is 376 g/mol. The van der Waals surface area contributed by atoms with Crippen molar-refractivity contribution in [2.45, 2.75) is 6.92 Å². The first-order valence-corrected chi connectivity index (χ1v) is 9.39. The Balaban J connectivity index is 1.47. The largest absolute Gasteiger partial charge is 0.497 e. The Hall–Kier alpha value is -3.35. The molecule has 0 amide bonds. The van der Waals surface area contributed by atoms with Gasteiger partial charge in [0.05, 0.1) is 7.11 Å². The van der Waals surface area contributed by atoms with Crippen molar-refractivity contribution in [1.29, 1.82) is 0 Å². The third kappa shape index (κ3) is 4.14. The Labute approximate surface area is 165 Å². The second kappa shape index (κ2) is 8.12. The van der Waals surface area contributed by atoms with Crippen molar-refractivity contribution in [3.63, 3.8) is 0 Å². The highest BCUT2D eigenvalue weighted by Crippen LogP contribution is 2.23. The van der Waals surface area contributed by atoms with E-state index in [0.717, 1.165) is 60.9 Å². The van der Waals surface area contributed by atoms with Gasteiger partial charge in [-0.1, -0.05) is 12.1 Å². The molecule has 1 saturated heterocycles. The smallest absolute Gasteiger partial charge is 0.227 e. The number of nitrogens with one attached hydrogen (secondary N) is 1. The van der Waals surface area contributed by atoms with Crippen LogP contribution in [-0.4, -0.2) is 48.2 Å². The third-order valence-corrected chi connectivity index (χ3v) is 4.72. The van der Waals surface area contributed by atoms with Crippen LogP contribution in [0.25, 0.3) is 0 Å². The molecule has 3 heterocycles. The third-order valence-electron chi connectivity index (χ3n) is 4.72. The Bertz CT molecular complexity index is 925. The van der Waals surface area contributed by atoms with Crippen molar-refractivity contribution < 1.29 is 4.74 Å². The van der Waals surface area contributed by atoms with Crippen molar-refractivity contribution in [2.75, 3.05) is 48.4 Å². The molecule has 0 aliphatic carbocycles. The lowest BCUT2D eigenvalue weighted by Crippen LogP contribution is -2.47. The molecule has 28 heavy (non-hydrogen) atoms. The van der Waals surface area contributed by atoms with Gasteiger partial charge in [0.15, 0.2) is 0 Å². The molecule has 144 valence electrons. The molecule has 0 spiro atoms. The van der Waals surface area contributed by atoms with E-state index in [1.165, 1.54) is 0 Å². The average molecular weight is 376 g/mol. The van der Waals surface area contributed by atoms with Crippen LogP contribution < -0.4 is 19.9 Å². The van der Waals surface area contributed by atoms with Crippen molar-refractivity contribution in [3.8, 4) is 5.75 Å². The lowest BCUT2D eigenvalue weighted by atomic mass is 10.3. The summed E-state index contributed by atoms with van der Waals surface area (Å²) >= 11 is 0. The molecule has 3 aromatic rings. The van der Waals surface area contributed by atoms with Crippen molar-refractivity contribution >= 4 is 23.3 Å². The number of benzene rings is 1. The molecule has 7 nitrogen and oxygen atoms in total. The zero-order chi connectivity index (χ0) is 19.3. The van der Waals surface area contributed by atoms with E-state index < -0.39 is 0 Å². The van der Waals surface area contributed by atoms with Crippen molar-refractivity contribution in [3.05, 3.63) is 60.4 Å². The lowest BCUT2D eigenvalue weighted by molar-refractivity contribution is 0.415. The fourth-order valence-corrected chi connectivity index (χ4v) is 3.28. The second-order valence-electron chi connectivity index (χ2n) is 6.71. The SMILES string of the molecule is COc1cccc(Nc2cc(C)nc(N3CCN(c4ccccn4)CC3)n2)c1. The van der Waals surface area contributed by atoms with Gasteiger partial charge < -0.3 is 19.9 Å². The maximum Gasteiger partial charge on any atom is 0.227 e. The van der Waals surface area contributed by atoms with Gasteiger partial charge >= 0.3 is 0 Å². The minimum atomic E-state index is 0.756. The number of methoxy groups -OCH3 is 1. The van der Waals surface area contributed by atoms with E-state index in [1.54, 1.807) is 7.11 Å². The normalized spacial score (nSPS) is 14.1. The summed E-state index contributed by atoms with van der Waals surface area (Å²) in [6, 6.07) is 15.8. The van der Waals surface area contributed by atoms with Gasteiger partial charge in [0.2, 0.25) is 5.95 Å². The first-order valence-electron chi connectivity index (χ1n) is 9.39. The van der Waals surface area contributed by atoms with Gasteiger partial charge in [-0.2, -0.15) is 4.98 Å². The number of aryl methyl sites for hydroxylation is 1. The summed E-state index contributed by atoms with van der Waals surface area (Å²) in [4.78, 5) is 18.3. The molecule has 1 aromatic carbocycles. The van der Waals surface area contributed by atoms with Crippen molar-refractivity contribution in [2.24, 2.45) is 0 Å². The van der Waals surface area contributed by atoms with E-state index in [1.807, 2.05) is 55.6 Å². The number of nitrogens with zero attached hydrogens (tertiary/aromatic N) is 5. The lowest BCUT2D eigenvalue weighted by Gasteiger charge is -2.35. The Kier molecular flexibility index (Phi) is 5.23. The molecule has 1 fully saturated rings. The fourth-order valence-electron chi connectivity index (χ4n) is 3.28. The van der Waals surface area contributed by atoms with E-state index in [9.17, 15) is 0 Å². The molecule has 1 aliphatic rings. The van der Waals surface area contributed by atoms with Crippen LogP contribution in [0.15, 0.2) is 54.7 Å². The average Bonchev–Trinajstić information content (AvgIpc) is 2.74. The van der Waals surface area contributed by atoms with E-state index in [4.69, 9.17) is 9.72 Å². The predicted molar refractivity (Wildman–Crippen MR) is 112 cm³/mol. The molecular formula is C21H24N6O. The second-order valence-corrected chi connectivity index (χ2v) is 6.71. The van der Waals surface area contributed by atoms with Crippen LogP contribution in [0.2, 0.25) is 0 Å². The quantitative estimate of drug-likeness (QED) is 0.733. The van der Waals surface area contributed by atoms with Crippen LogP contribution in [-0.2, 0) is 0 Å². The summed E-state index contributed by atoms with van der Waals surface area (Å²) in [5.74, 6) is 3.36. The zero-order valence-corrected chi connectivity index (χ0v) is 16.2. The number of hydrogen-bond donors (Lipinski definition) is 1. The van der Waals surface area contributed by atoms with Gasteiger partial charge in [-0.15, -0.1) is 0 Å². The summed E-state index contributed by atoms with van der Waals surface area (Å²) in [7, 11) is 1.66. The van der Waals surface area contributed by atoms with Gasteiger partial charge in [-0.05, 0) is 31.2 Å². The van der Waals surface area contributed by atoms with Crippen LogP contribution >= 0.6 is 0 Å². The molecule has 1 N–H and O–H groups in total. The highest BCUT2D eigenvalue weighted by molar-refractivity contribution is 5.59. The van der Waals surface area contributed by atoms with Crippen LogP contribution in [0.1, 0.15) is 5.69 Å². The topological polar surface area (TPSA) is 66.4 Å². The molecule has 0 saturated carbocycles. The predicted octanol–water partition coefficient (Wildman–Crippen LogP) is 3.26. The molecule has 0 radical (unpaired) electrons. The molecular weight excluding hydrogens is 352 g/mol. The van der Waals surface area contributed by atoms with E-state index in [0.29, 0.717) is 0 Å². The number of aromatic nitrogens is 3. The number of anilines is 4. The molecule has 4 rings (SSSR count). The van der Waals surface area contributed by atoms with Gasteiger partial charge in [0, 0.05) is 55.9 Å². The molecule has 0 atom stereocenters. The summed E-state index contributed by atoms with van der Waals surface area (Å²) < 4.78 is 5.29. The minimum Gasteiger partial charge on any atom is -0.497 e. The van der Waals surface area contributed by atoms with Gasteiger partial charge in [0.1, 0.15) is 17.4 Å². The zero-order valence-electron chi connectivity index (χ0n) is 16.2. The van der Waals surface area contributed by atoms with E-state index >= 15 is 0 Å². The molecule has 0 bridgehead atoms. The molecule has 2 aromatic heterocycles. The summed E-state index contributed by atoms with van der Waals surface area (Å²) in [5.41, 5.74) is 1.87. The van der Waals surface area contributed by atoms with Crippen LogP contribution in [0.3, 0.4) is 0 Å². The number of hydrogen-bond acceptors (Lipinski definition) is 7. The van der Waals surface area contributed by atoms with Gasteiger partial charge in [-0.25, -0.2) is 9.97 Å². The number of piperazine rings is 1. The first-order chi connectivity index (χ1) is 13.7. The van der Waals surface area contributed by atoms with Crippen LogP contribution in [0.5, 0.6) is 5.75 Å². The fraction of sp³-hybridized carbons (Fsp3) is 0.286. The first kappa shape index (κ1) is 18.0. The maximum atomic E-state index is 5.29. The summed E-state index contributed by atoms with van der Waals surface area (Å²) in [6.07, 6.45) is 1.84. The van der Waals surface area contributed by atoms with Crippen LogP contribution in [0, 0.1) is 6.92 Å². The molecule has 1 aliphatic heterocycles. The van der Waals surface area contributed by atoms with Gasteiger partial charge in [0.25, 0.3) is 0 Å². The Morgan fingerprint density at radius 3 is 2.50 bits per heavy atom. The van der Waals surface area contributed by atoms with Crippen molar-refractivity contribution in [1.82, 2.24) is 15.0 Å². The minimum absolute atomic E-state index is 0.756. The number of pyridine rings is 1. The van der Waals surface area contributed by atoms with E-state index in [2.05, 4.69) is 31.2 Å².